The van der Waals surface area contributed by atoms with Gasteiger partial charge in [0.25, 0.3) is 5.91 Å². The van der Waals surface area contributed by atoms with Crippen molar-refractivity contribution in [1.82, 2.24) is 15.6 Å². The van der Waals surface area contributed by atoms with E-state index in [0.29, 0.717) is 11.0 Å². The highest BCUT2D eigenvalue weighted by Crippen LogP contribution is 2.29. The highest BCUT2D eigenvalue weighted by Gasteiger charge is 2.30. The minimum Gasteiger partial charge on any atom is -0.353 e. The van der Waals surface area contributed by atoms with E-state index >= 15 is 0 Å². The Balaban J connectivity index is 1.37. The van der Waals surface area contributed by atoms with E-state index in [1.807, 2.05) is 0 Å². The highest BCUT2D eigenvalue weighted by molar-refractivity contribution is 7.13. The summed E-state index contributed by atoms with van der Waals surface area (Å²) in [5.74, 6) is 0.420. The van der Waals surface area contributed by atoms with Gasteiger partial charge in [-0.25, -0.2) is 4.98 Å². The van der Waals surface area contributed by atoms with Gasteiger partial charge in [-0.2, -0.15) is 0 Å². The average Bonchev–Trinajstić information content (AvgIpc) is 3.05. The lowest BCUT2D eigenvalue weighted by Crippen LogP contribution is -2.41. The van der Waals surface area contributed by atoms with Crippen LogP contribution in [0.1, 0.15) is 65.3 Å². The van der Waals surface area contributed by atoms with Crippen LogP contribution in [0.2, 0.25) is 0 Å². The normalized spacial score (nSPS) is 24.3. The van der Waals surface area contributed by atoms with Gasteiger partial charge >= 0.3 is 0 Å². The Morgan fingerprint density at radius 2 is 1.78 bits per heavy atom. The number of nitrogens with one attached hydrogen (secondary N) is 2. The van der Waals surface area contributed by atoms with Crippen LogP contribution in [0, 0.1) is 5.92 Å². The summed E-state index contributed by atoms with van der Waals surface area (Å²) in [5.41, 5.74) is 1.06. The predicted molar refractivity (Wildman–Crippen MR) is 88.5 cm³/mol. The first kappa shape index (κ1) is 15.1. The third-order valence-electron chi connectivity index (χ3n) is 5.12. The third kappa shape index (κ3) is 3.42. The van der Waals surface area contributed by atoms with Gasteiger partial charge in [0.05, 0.1) is 5.69 Å². The van der Waals surface area contributed by atoms with Gasteiger partial charge in [0.2, 0.25) is 5.91 Å². The molecule has 0 spiro atoms. The molecule has 1 atom stereocenters. The van der Waals surface area contributed by atoms with E-state index in [0.717, 1.165) is 50.6 Å². The zero-order valence-electron chi connectivity index (χ0n) is 13.3. The molecule has 2 fully saturated rings. The molecule has 0 aromatic carbocycles. The Hall–Kier alpha value is -1.43. The van der Waals surface area contributed by atoms with Crippen LogP contribution in [0.15, 0.2) is 0 Å². The minimum atomic E-state index is -0.0292. The first-order valence-corrected chi connectivity index (χ1v) is 9.60. The molecule has 1 aromatic rings. The number of hydrogen-bond donors (Lipinski definition) is 2. The van der Waals surface area contributed by atoms with Crippen molar-refractivity contribution in [3.63, 3.8) is 0 Å². The lowest BCUT2D eigenvalue weighted by Gasteiger charge is -2.23. The van der Waals surface area contributed by atoms with Gasteiger partial charge in [-0.1, -0.05) is 12.8 Å². The molecular formula is C17H23N3O2S. The summed E-state index contributed by atoms with van der Waals surface area (Å²) in [6, 6.07) is 0.567. The van der Waals surface area contributed by atoms with Gasteiger partial charge in [-0.05, 0) is 38.5 Å². The number of nitrogens with zero attached hydrogens (tertiary/aromatic N) is 1. The summed E-state index contributed by atoms with van der Waals surface area (Å²) in [6.45, 7) is 0. The van der Waals surface area contributed by atoms with Crippen molar-refractivity contribution in [1.29, 1.82) is 0 Å². The van der Waals surface area contributed by atoms with Crippen molar-refractivity contribution in [2.45, 2.75) is 69.9 Å². The number of rotatable bonds is 4. The van der Waals surface area contributed by atoms with E-state index in [-0.39, 0.29) is 23.8 Å². The van der Waals surface area contributed by atoms with Gasteiger partial charge in [-0.3, -0.25) is 9.59 Å². The molecule has 124 valence electrons. The van der Waals surface area contributed by atoms with Crippen LogP contribution in [0.5, 0.6) is 0 Å². The lowest BCUT2D eigenvalue weighted by atomic mass is 9.96. The maximum Gasteiger partial charge on any atom is 0.280 e. The topological polar surface area (TPSA) is 71.1 Å². The van der Waals surface area contributed by atoms with Crippen molar-refractivity contribution >= 4 is 23.2 Å². The molecule has 3 aliphatic carbocycles. The zero-order chi connectivity index (χ0) is 15.8. The Morgan fingerprint density at radius 1 is 1.00 bits per heavy atom. The number of aromatic nitrogens is 1. The summed E-state index contributed by atoms with van der Waals surface area (Å²) in [6.07, 6.45) is 9.23. The SMILES string of the molecule is O=C(NC1CC1)c1nc2c(s1)CC(NC(=O)C1CCCC1)CC2. The molecular weight excluding hydrogens is 310 g/mol. The second-order valence-electron chi connectivity index (χ2n) is 7.07. The molecule has 3 aliphatic rings. The Bertz CT molecular complexity index is 617. The average molecular weight is 333 g/mol. The van der Waals surface area contributed by atoms with E-state index in [1.54, 1.807) is 0 Å². The standard InChI is InChI=1S/C17H23N3O2S/c21-15(10-3-1-2-4-10)19-12-7-8-13-14(9-12)23-17(20-13)16(22)18-11-5-6-11/h10-12H,1-9H2,(H,18,22)(H,19,21). The fourth-order valence-electron chi connectivity index (χ4n) is 3.58. The fraction of sp³-hybridized carbons (Fsp3) is 0.706. The minimum absolute atomic E-state index is 0.0292. The zero-order valence-corrected chi connectivity index (χ0v) is 14.1. The number of hydrogen-bond acceptors (Lipinski definition) is 4. The summed E-state index contributed by atoms with van der Waals surface area (Å²) in [4.78, 5) is 30.1. The van der Waals surface area contributed by atoms with Crippen molar-refractivity contribution < 1.29 is 9.59 Å². The van der Waals surface area contributed by atoms with Crippen LogP contribution in [0.3, 0.4) is 0 Å². The van der Waals surface area contributed by atoms with Crippen LogP contribution in [0.25, 0.3) is 0 Å². The van der Waals surface area contributed by atoms with E-state index in [1.165, 1.54) is 29.1 Å². The van der Waals surface area contributed by atoms with Crippen LogP contribution in [-0.2, 0) is 17.6 Å². The molecule has 0 bridgehead atoms. The van der Waals surface area contributed by atoms with Crippen molar-refractivity contribution in [3.05, 3.63) is 15.6 Å². The molecule has 0 saturated heterocycles. The maximum absolute atomic E-state index is 12.3. The number of carbonyl (C=O) groups is 2. The quantitative estimate of drug-likeness (QED) is 0.887. The molecule has 23 heavy (non-hydrogen) atoms. The number of carbonyl (C=O) groups excluding carboxylic acids is 2. The second kappa shape index (κ2) is 6.23. The van der Waals surface area contributed by atoms with E-state index in [4.69, 9.17) is 0 Å². The highest BCUT2D eigenvalue weighted by atomic mass is 32.1. The first-order valence-electron chi connectivity index (χ1n) is 8.79. The molecule has 2 amide bonds. The van der Waals surface area contributed by atoms with Gasteiger partial charge in [0.1, 0.15) is 0 Å². The summed E-state index contributed by atoms with van der Waals surface area (Å²) in [7, 11) is 0. The fourth-order valence-corrected chi connectivity index (χ4v) is 4.67. The van der Waals surface area contributed by atoms with Gasteiger partial charge < -0.3 is 10.6 Å². The number of fused-ring (bicyclic) bond motifs is 1. The Kier molecular flexibility index (Phi) is 4.09. The molecule has 6 heteroatoms. The van der Waals surface area contributed by atoms with Crippen LogP contribution < -0.4 is 10.6 Å². The molecule has 2 saturated carbocycles. The molecule has 4 rings (SSSR count). The maximum atomic E-state index is 12.3. The summed E-state index contributed by atoms with van der Waals surface area (Å²) in [5, 5.41) is 6.81. The molecule has 1 heterocycles. The van der Waals surface area contributed by atoms with Crippen molar-refractivity contribution in [3.8, 4) is 0 Å². The van der Waals surface area contributed by atoms with Gasteiger partial charge in [0, 0.05) is 29.3 Å². The third-order valence-corrected chi connectivity index (χ3v) is 6.24. The molecule has 0 radical (unpaired) electrons. The van der Waals surface area contributed by atoms with E-state index in [2.05, 4.69) is 15.6 Å². The van der Waals surface area contributed by atoms with Crippen molar-refractivity contribution in [2.75, 3.05) is 0 Å². The van der Waals surface area contributed by atoms with E-state index < -0.39 is 0 Å². The molecule has 2 N–H and O–H groups in total. The Labute approximate surface area is 140 Å². The molecule has 1 unspecified atom stereocenters. The smallest absolute Gasteiger partial charge is 0.280 e. The Morgan fingerprint density at radius 3 is 2.52 bits per heavy atom. The number of thiazole rings is 1. The summed E-state index contributed by atoms with van der Waals surface area (Å²) >= 11 is 1.50. The van der Waals surface area contributed by atoms with Gasteiger partial charge in [0.15, 0.2) is 5.01 Å². The molecule has 0 aliphatic heterocycles. The van der Waals surface area contributed by atoms with E-state index in [9.17, 15) is 9.59 Å². The second-order valence-corrected chi connectivity index (χ2v) is 8.15. The van der Waals surface area contributed by atoms with Crippen LogP contribution in [0.4, 0.5) is 0 Å². The molecule has 1 aromatic heterocycles. The number of amides is 2. The first-order chi connectivity index (χ1) is 11.2. The van der Waals surface area contributed by atoms with Gasteiger partial charge in [-0.15, -0.1) is 11.3 Å². The largest absolute Gasteiger partial charge is 0.353 e. The van der Waals surface area contributed by atoms with Crippen LogP contribution >= 0.6 is 11.3 Å². The summed E-state index contributed by atoms with van der Waals surface area (Å²) < 4.78 is 0. The van der Waals surface area contributed by atoms with Crippen LogP contribution in [-0.4, -0.2) is 28.9 Å². The number of aryl methyl sites for hydroxylation is 1. The molecule has 5 nitrogen and oxygen atoms in total. The monoisotopic (exact) mass is 333 g/mol. The predicted octanol–water partition coefficient (Wildman–Crippen LogP) is 2.20. The lowest BCUT2D eigenvalue weighted by molar-refractivity contribution is -0.125. The van der Waals surface area contributed by atoms with Crippen molar-refractivity contribution in [2.24, 2.45) is 5.92 Å².